The van der Waals surface area contributed by atoms with Crippen LogP contribution in [0.15, 0.2) is 59.5 Å². The molecule has 0 aromatic heterocycles. The Balaban J connectivity index is 1.58. The average Bonchev–Trinajstić information content (AvgIpc) is 2.84. The summed E-state index contributed by atoms with van der Waals surface area (Å²) < 4.78 is 40.1. The van der Waals surface area contributed by atoms with E-state index < -0.39 is 15.4 Å². The third kappa shape index (κ3) is 5.57. The lowest BCUT2D eigenvalue weighted by Gasteiger charge is -2.42. The Morgan fingerprint density at radius 3 is 2.45 bits per heavy atom. The molecule has 4 rings (SSSR count). The van der Waals surface area contributed by atoms with Gasteiger partial charge in [0.2, 0.25) is 15.9 Å². The number of carbonyl (C=O) groups is 1. The van der Waals surface area contributed by atoms with E-state index in [0.717, 1.165) is 17.7 Å². The van der Waals surface area contributed by atoms with Crippen LogP contribution in [0.2, 0.25) is 0 Å². The van der Waals surface area contributed by atoms with E-state index in [1.807, 2.05) is 54.3 Å². The van der Waals surface area contributed by atoms with Crippen molar-refractivity contribution in [2.75, 3.05) is 46.0 Å². The molecule has 0 saturated carbocycles. The molecular weight excluding hydrogens is 440 g/mol. The number of rotatable bonds is 7. The highest BCUT2D eigenvalue weighted by atomic mass is 32.2. The van der Waals surface area contributed by atoms with Crippen LogP contribution in [0.25, 0.3) is 0 Å². The van der Waals surface area contributed by atoms with Crippen molar-refractivity contribution in [2.24, 2.45) is 5.41 Å². The van der Waals surface area contributed by atoms with E-state index in [1.165, 1.54) is 0 Å². The first-order valence-corrected chi connectivity index (χ1v) is 12.9. The number of ether oxygens (including phenoxy) is 2. The van der Waals surface area contributed by atoms with E-state index in [0.29, 0.717) is 44.2 Å². The molecule has 0 unspecified atom stereocenters. The van der Waals surface area contributed by atoms with E-state index in [1.54, 1.807) is 16.4 Å². The quantitative estimate of drug-likeness (QED) is 0.619. The molecule has 0 aliphatic carbocycles. The van der Waals surface area contributed by atoms with Crippen molar-refractivity contribution in [3.63, 3.8) is 0 Å². The van der Waals surface area contributed by atoms with E-state index in [9.17, 15) is 13.2 Å². The standard InChI is InChI=1S/C25H32N2O5S/c1-21-8-5-6-11-23(21)33(29,30)27-13-7-12-25(19-27,20-32-22-9-3-2-4-10-22)18-24(28)26-14-16-31-17-15-26/h2-6,8-11H,7,12-20H2,1H3/t25-/m0/s1. The Morgan fingerprint density at radius 2 is 1.73 bits per heavy atom. The summed E-state index contributed by atoms with van der Waals surface area (Å²) in [6, 6.07) is 16.5. The lowest BCUT2D eigenvalue weighted by Crippen LogP contribution is -2.52. The Morgan fingerprint density at radius 1 is 1.03 bits per heavy atom. The number of sulfonamides is 1. The zero-order valence-electron chi connectivity index (χ0n) is 19.1. The van der Waals surface area contributed by atoms with Gasteiger partial charge in [-0.2, -0.15) is 4.31 Å². The molecule has 33 heavy (non-hydrogen) atoms. The number of aryl methyl sites for hydroxylation is 1. The molecule has 8 heteroatoms. The normalized spacial score (nSPS) is 22.2. The van der Waals surface area contributed by atoms with Gasteiger partial charge in [-0.1, -0.05) is 36.4 Å². The van der Waals surface area contributed by atoms with Crippen LogP contribution < -0.4 is 4.74 Å². The third-order valence-electron chi connectivity index (χ3n) is 6.52. The van der Waals surface area contributed by atoms with Crippen LogP contribution in [0.4, 0.5) is 0 Å². The van der Waals surface area contributed by atoms with E-state index in [4.69, 9.17) is 9.47 Å². The summed E-state index contributed by atoms with van der Waals surface area (Å²) in [6.45, 7) is 5.00. The van der Waals surface area contributed by atoms with Gasteiger partial charge in [-0.05, 0) is 43.5 Å². The smallest absolute Gasteiger partial charge is 0.243 e. The molecular formula is C25H32N2O5S. The van der Waals surface area contributed by atoms with Gasteiger partial charge in [-0.15, -0.1) is 0 Å². The first-order valence-electron chi connectivity index (χ1n) is 11.5. The van der Waals surface area contributed by atoms with Gasteiger partial charge in [0.05, 0.1) is 24.7 Å². The topological polar surface area (TPSA) is 76.2 Å². The van der Waals surface area contributed by atoms with Crippen LogP contribution in [0, 0.1) is 12.3 Å². The minimum atomic E-state index is -3.67. The van der Waals surface area contributed by atoms with Crippen molar-refractivity contribution in [3.8, 4) is 5.75 Å². The lowest BCUT2D eigenvalue weighted by atomic mass is 9.78. The number of benzene rings is 2. The van der Waals surface area contributed by atoms with Crippen molar-refractivity contribution in [3.05, 3.63) is 60.2 Å². The summed E-state index contributed by atoms with van der Waals surface area (Å²) in [4.78, 5) is 15.4. The summed E-state index contributed by atoms with van der Waals surface area (Å²) in [5.74, 6) is 0.750. The third-order valence-corrected chi connectivity index (χ3v) is 8.52. The van der Waals surface area contributed by atoms with Crippen LogP contribution in [-0.2, 0) is 19.6 Å². The fourth-order valence-electron chi connectivity index (χ4n) is 4.66. The first-order chi connectivity index (χ1) is 15.9. The van der Waals surface area contributed by atoms with Crippen molar-refractivity contribution in [1.29, 1.82) is 0 Å². The predicted octanol–water partition coefficient (Wildman–Crippen LogP) is 3.09. The number of para-hydroxylation sites is 1. The number of hydrogen-bond donors (Lipinski definition) is 0. The number of nitrogens with zero attached hydrogens (tertiary/aromatic N) is 2. The van der Waals surface area contributed by atoms with Gasteiger partial charge in [0.25, 0.3) is 0 Å². The fourth-order valence-corrected chi connectivity index (χ4v) is 6.48. The molecule has 2 heterocycles. The monoisotopic (exact) mass is 472 g/mol. The number of hydrogen-bond acceptors (Lipinski definition) is 5. The zero-order valence-corrected chi connectivity index (χ0v) is 19.9. The zero-order chi connectivity index (χ0) is 23.3. The van der Waals surface area contributed by atoms with Gasteiger partial charge < -0.3 is 14.4 Å². The Hall–Kier alpha value is -2.42. The molecule has 1 atom stereocenters. The highest BCUT2D eigenvalue weighted by molar-refractivity contribution is 7.89. The summed E-state index contributed by atoms with van der Waals surface area (Å²) in [6.07, 6.45) is 1.66. The molecule has 0 N–H and O–H groups in total. The van der Waals surface area contributed by atoms with Gasteiger partial charge in [0.1, 0.15) is 5.75 Å². The second-order valence-electron chi connectivity index (χ2n) is 8.98. The van der Waals surface area contributed by atoms with Crippen molar-refractivity contribution in [1.82, 2.24) is 9.21 Å². The maximum atomic E-state index is 13.5. The van der Waals surface area contributed by atoms with Gasteiger partial charge in [0.15, 0.2) is 0 Å². The highest BCUT2D eigenvalue weighted by Crippen LogP contribution is 2.37. The molecule has 1 amide bonds. The van der Waals surface area contributed by atoms with Crippen molar-refractivity contribution < 1.29 is 22.7 Å². The summed E-state index contributed by atoms with van der Waals surface area (Å²) >= 11 is 0. The van der Waals surface area contributed by atoms with Crippen LogP contribution >= 0.6 is 0 Å². The largest absolute Gasteiger partial charge is 0.493 e. The average molecular weight is 473 g/mol. The Kier molecular flexibility index (Phi) is 7.36. The molecule has 2 aromatic rings. The molecule has 2 aliphatic heterocycles. The van der Waals surface area contributed by atoms with Gasteiger partial charge >= 0.3 is 0 Å². The van der Waals surface area contributed by atoms with Crippen LogP contribution in [0.1, 0.15) is 24.8 Å². The Bertz CT molecular complexity index is 1050. The van der Waals surface area contributed by atoms with Gasteiger partial charge in [0, 0.05) is 38.0 Å². The number of amides is 1. The second-order valence-corrected chi connectivity index (χ2v) is 10.9. The van der Waals surface area contributed by atoms with Crippen molar-refractivity contribution in [2.45, 2.75) is 31.1 Å². The van der Waals surface area contributed by atoms with Crippen LogP contribution in [0.3, 0.4) is 0 Å². The lowest BCUT2D eigenvalue weighted by molar-refractivity contribution is -0.139. The maximum Gasteiger partial charge on any atom is 0.243 e. The Labute approximate surface area is 196 Å². The molecule has 0 radical (unpaired) electrons. The van der Waals surface area contributed by atoms with Crippen molar-refractivity contribution >= 4 is 15.9 Å². The van der Waals surface area contributed by atoms with E-state index >= 15 is 0 Å². The highest BCUT2D eigenvalue weighted by Gasteiger charge is 2.43. The summed E-state index contributed by atoms with van der Waals surface area (Å²) in [7, 11) is -3.67. The van der Waals surface area contributed by atoms with E-state index in [2.05, 4.69) is 0 Å². The fraction of sp³-hybridized carbons (Fsp3) is 0.480. The number of carbonyl (C=O) groups excluding carboxylic acids is 1. The number of morpholine rings is 1. The summed E-state index contributed by atoms with van der Waals surface area (Å²) in [5, 5.41) is 0. The second kappa shape index (κ2) is 10.2. The molecule has 0 spiro atoms. The minimum absolute atomic E-state index is 0.0325. The SMILES string of the molecule is Cc1ccccc1S(=O)(=O)N1CCC[C@](COc2ccccc2)(CC(=O)N2CCOCC2)C1. The molecule has 7 nitrogen and oxygen atoms in total. The molecule has 0 bridgehead atoms. The molecule has 2 fully saturated rings. The number of piperidine rings is 1. The molecule has 2 aliphatic rings. The first kappa shape index (κ1) is 23.7. The molecule has 178 valence electrons. The minimum Gasteiger partial charge on any atom is -0.493 e. The predicted molar refractivity (Wildman–Crippen MR) is 126 cm³/mol. The van der Waals surface area contributed by atoms with Crippen LogP contribution in [0.5, 0.6) is 5.75 Å². The van der Waals surface area contributed by atoms with E-state index in [-0.39, 0.29) is 25.5 Å². The molecule has 2 aromatic carbocycles. The van der Waals surface area contributed by atoms with Crippen LogP contribution in [-0.4, -0.2) is 69.5 Å². The summed E-state index contributed by atoms with van der Waals surface area (Å²) in [5.41, 5.74) is 0.123. The maximum absolute atomic E-state index is 13.5. The van der Waals surface area contributed by atoms with Gasteiger partial charge in [-0.3, -0.25) is 4.79 Å². The molecule has 2 saturated heterocycles. The van der Waals surface area contributed by atoms with Gasteiger partial charge in [-0.25, -0.2) is 8.42 Å².